The molecule has 12 heavy (non-hydrogen) atoms. The SMILES string of the molecule is CC(=O)C(O)C1CCNCC1.Cl. The molecule has 1 saturated heterocycles. The summed E-state index contributed by atoms with van der Waals surface area (Å²) in [6.45, 7) is 3.30. The van der Waals surface area contributed by atoms with Crippen LogP contribution in [0.5, 0.6) is 0 Å². The van der Waals surface area contributed by atoms with Crippen molar-refractivity contribution in [2.75, 3.05) is 13.1 Å². The molecule has 0 aromatic carbocycles. The third-order valence-electron chi connectivity index (χ3n) is 2.25. The number of ketones is 1. The number of halogens is 1. The molecule has 1 fully saturated rings. The molecule has 0 aromatic heterocycles. The molecular formula is C8H16ClNO2. The minimum absolute atomic E-state index is 0. The third-order valence-corrected chi connectivity index (χ3v) is 2.25. The molecule has 0 aliphatic carbocycles. The van der Waals surface area contributed by atoms with Crippen LogP contribution in [0.2, 0.25) is 0 Å². The van der Waals surface area contributed by atoms with E-state index < -0.39 is 6.10 Å². The summed E-state index contributed by atoms with van der Waals surface area (Å²) in [5, 5.41) is 12.6. The number of hydrogen-bond acceptors (Lipinski definition) is 3. The van der Waals surface area contributed by atoms with Crippen LogP contribution in [0.25, 0.3) is 0 Å². The maximum absolute atomic E-state index is 10.8. The Bertz CT molecular complexity index is 146. The van der Waals surface area contributed by atoms with Crippen LogP contribution in [0.1, 0.15) is 19.8 Å². The predicted octanol–water partition coefficient (Wildman–Crippen LogP) is 0.358. The van der Waals surface area contributed by atoms with E-state index >= 15 is 0 Å². The molecule has 2 N–H and O–H groups in total. The minimum Gasteiger partial charge on any atom is -0.385 e. The summed E-state index contributed by atoms with van der Waals surface area (Å²) >= 11 is 0. The fraction of sp³-hybridized carbons (Fsp3) is 0.875. The van der Waals surface area contributed by atoms with Crippen LogP contribution < -0.4 is 5.32 Å². The second-order valence-electron chi connectivity index (χ2n) is 3.14. The maximum atomic E-state index is 10.8. The van der Waals surface area contributed by atoms with Gasteiger partial charge in [-0.15, -0.1) is 12.4 Å². The summed E-state index contributed by atoms with van der Waals surface area (Å²) in [6, 6.07) is 0. The molecule has 0 radical (unpaired) electrons. The molecule has 0 aromatic rings. The smallest absolute Gasteiger partial charge is 0.158 e. The molecule has 1 unspecified atom stereocenters. The van der Waals surface area contributed by atoms with Crippen molar-refractivity contribution >= 4 is 18.2 Å². The van der Waals surface area contributed by atoms with Crippen LogP contribution in [0.4, 0.5) is 0 Å². The van der Waals surface area contributed by atoms with Crippen LogP contribution >= 0.6 is 12.4 Å². The highest BCUT2D eigenvalue weighted by Gasteiger charge is 2.24. The lowest BCUT2D eigenvalue weighted by atomic mass is 9.90. The Morgan fingerprint density at radius 2 is 2.00 bits per heavy atom. The summed E-state index contributed by atoms with van der Waals surface area (Å²) < 4.78 is 0. The van der Waals surface area contributed by atoms with Crippen molar-refractivity contribution in [2.45, 2.75) is 25.9 Å². The maximum Gasteiger partial charge on any atom is 0.158 e. The highest BCUT2D eigenvalue weighted by molar-refractivity contribution is 5.85. The Labute approximate surface area is 78.9 Å². The van der Waals surface area contributed by atoms with Gasteiger partial charge in [0.05, 0.1) is 0 Å². The number of hydrogen-bond donors (Lipinski definition) is 2. The molecule has 1 heterocycles. The van der Waals surface area contributed by atoms with Crippen molar-refractivity contribution in [3.63, 3.8) is 0 Å². The van der Waals surface area contributed by atoms with E-state index in [1.165, 1.54) is 6.92 Å². The average Bonchev–Trinajstić information content (AvgIpc) is 2.05. The van der Waals surface area contributed by atoms with Gasteiger partial charge in [0, 0.05) is 0 Å². The second kappa shape index (κ2) is 5.51. The van der Waals surface area contributed by atoms with Gasteiger partial charge in [-0.3, -0.25) is 4.79 Å². The fourth-order valence-corrected chi connectivity index (χ4v) is 1.49. The standard InChI is InChI=1S/C8H15NO2.ClH/c1-6(10)8(11)7-2-4-9-5-3-7;/h7-9,11H,2-5H2,1H3;1H. The Morgan fingerprint density at radius 1 is 1.50 bits per heavy atom. The Morgan fingerprint density at radius 3 is 2.42 bits per heavy atom. The first-order valence-corrected chi connectivity index (χ1v) is 4.11. The number of carbonyl (C=O) groups excluding carboxylic acids is 1. The van der Waals surface area contributed by atoms with Gasteiger partial charge in [0.25, 0.3) is 0 Å². The monoisotopic (exact) mass is 193 g/mol. The van der Waals surface area contributed by atoms with Gasteiger partial charge in [0.15, 0.2) is 5.78 Å². The first-order chi connectivity index (χ1) is 5.22. The molecule has 3 nitrogen and oxygen atoms in total. The second-order valence-corrected chi connectivity index (χ2v) is 3.14. The van der Waals surface area contributed by atoms with E-state index in [0.717, 1.165) is 25.9 Å². The van der Waals surface area contributed by atoms with Crippen molar-refractivity contribution in [1.29, 1.82) is 0 Å². The summed E-state index contributed by atoms with van der Waals surface area (Å²) in [7, 11) is 0. The van der Waals surface area contributed by atoms with Gasteiger partial charge in [-0.1, -0.05) is 0 Å². The topological polar surface area (TPSA) is 49.3 Å². The summed E-state index contributed by atoms with van der Waals surface area (Å²) in [5.74, 6) is 0.0886. The quantitative estimate of drug-likeness (QED) is 0.666. The highest BCUT2D eigenvalue weighted by Crippen LogP contribution is 2.16. The molecule has 0 bridgehead atoms. The number of piperidine rings is 1. The predicted molar refractivity (Wildman–Crippen MR) is 49.5 cm³/mol. The number of aliphatic hydroxyl groups excluding tert-OH is 1. The Kier molecular flexibility index (Phi) is 5.46. The molecular weight excluding hydrogens is 178 g/mol. The van der Waals surface area contributed by atoms with Crippen LogP contribution in [-0.4, -0.2) is 30.1 Å². The molecule has 1 atom stereocenters. The molecule has 1 aliphatic heterocycles. The van der Waals surface area contributed by atoms with E-state index in [9.17, 15) is 9.90 Å². The largest absolute Gasteiger partial charge is 0.385 e. The lowest BCUT2D eigenvalue weighted by molar-refractivity contribution is -0.128. The van der Waals surface area contributed by atoms with E-state index in [1.807, 2.05) is 0 Å². The first-order valence-electron chi connectivity index (χ1n) is 4.11. The summed E-state index contributed by atoms with van der Waals surface area (Å²) in [5.41, 5.74) is 0. The summed E-state index contributed by atoms with van der Waals surface area (Å²) in [6.07, 6.45) is 1.11. The van der Waals surface area contributed by atoms with Gasteiger partial charge < -0.3 is 10.4 Å². The van der Waals surface area contributed by atoms with Crippen molar-refractivity contribution in [1.82, 2.24) is 5.32 Å². The van der Waals surface area contributed by atoms with Gasteiger partial charge in [0.1, 0.15) is 6.10 Å². The molecule has 1 aliphatic rings. The zero-order valence-electron chi connectivity index (χ0n) is 7.25. The van der Waals surface area contributed by atoms with Gasteiger partial charge in [-0.05, 0) is 38.8 Å². The van der Waals surface area contributed by atoms with Crippen molar-refractivity contribution in [3.05, 3.63) is 0 Å². The van der Waals surface area contributed by atoms with E-state index in [1.54, 1.807) is 0 Å². The average molecular weight is 194 g/mol. The van der Waals surface area contributed by atoms with Crippen LogP contribution in [0, 0.1) is 5.92 Å². The van der Waals surface area contributed by atoms with Gasteiger partial charge >= 0.3 is 0 Å². The van der Waals surface area contributed by atoms with E-state index in [4.69, 9.17) is 0 Å². The van der Waals surface area contributed by atoms with Gasteiger partial charge in [0.2, 0.25) is 0 Å². The van der Waals surface area contributed by atoms with Crippen molar-refractivity contribution in [2.24, 2.45) is 5.92 Å². The van der Waals surface area contributed by atoms with Gasteiger partial charge in [-0.25, -0.2) is 0 Å². The fourth-order valence-electron chi connectivity index (χ4n) is 1.49. The molecule has 1 rings (SSSR count). The molecule has 0 spiro atoms. The van der Waals surface area contributed by atoms with E-state index in [2.05, 4.69) is 5.32 Å². The molecule has 72 valence electrons. The zero-order chi connectivity index (χ0) is 8.27. The molecule has 0 saturated carbocycles. The van der Waals surface area contributed by atoms with Gasteiger partial charge in [-0.2, -0.15) is 0 Å². The Hall–Kier alpha value is -0.120. The van der Waals surface area contributed by atoms with Crippen molar-refractivity contribution in [3.8, 4) is 0 Å². The normalized spacial score (nSPS) is 21.2. The van der Waals surface area contributed by atoms with Crippen LogP contribution in [0.3, 0.4) is 0 Å². The molecule has 4 heteroatoms. The number of nitrogens with one attached hydrogen (secondary N) is 1. The first kappa shape index (κ1) is 11.9. The number of carbonyl (C=O) groups is 1. The van der Waals surface area contributed by atoms with Crippen LogP contribution in [0.15, 0.2) is 0 Å². The number of rotatable bonds is 2. The Balaban J connectivity index is 0.00000121. The summed E-state index contributed by atoms with van der Waals surface area (Å²) in [4.78, 5) is 10.8. The van der Waals surface area contributed by atoms with E-state index in [0.29, 0.717) is 0 Å². The number of Topliss-reactive ketones (excluding diaryl/α,β-unsaturated/α-hetero) is 1. The number of aliphatic hydroxyl groups is 1. The molecule has 0 amide bonds. The lowest BCUT2D eigenvalue weighted by Crippen LogP contribution is -2.37. The van der Waals surface area contributed by atoms with E-state index in [-0.39, 0.29) is 24.1 Å². The minimum atomic E-state index is -0.725. The zero-order valence-corrected chi connectivity index (χ0v) is 8.06. The highest BCUT2D eigenvalue weighted by atomic mass is 35.5. The third kappa shape index (κ3) is 3.09. The van der Waals surface area contributed by atoms with Crippen LogP contribution in [-0.2, 0) is 4.79 Å². The lowest BCUT2D eigenvalue weighted by Gasteiger charge is -2.25. The van der Waals surface area contributed by atoms with Crippen molar-refractivity contribution < 1.29 is 9.90 Å².